The van der Waals surface area contributed by atoms with E-state index in [-0.39, 0.29) is 0 Å². The van der Waals surface area contributed by atoms with Gasteiger partial charge in [0.1, 0.15) is 24.1 Å². The van der Waals surface area contributed by atoms with Gasteiger partial charge in [-0.15, -0.1) is 0 Å². The molecule has 5 atom stereocenters. The average Bonchev–Trinajstić information content (AvgIpc) is 2.50. The zero-order chi connectivity index (χ0) is 15.0. The maximum absolute atomic E-state index is 9.94. The predicted octanol–water partition coefficient (Wildman–Crippen LogP) is 1.05. The van der Waals surface area contributed by atoms with E-state index >= 15 is 0 Å². The third-order valence-electron chi connectivity index (χ3n) is 3.78. The molecule has 1 heterocycles. The van der Waals surface area contributed by atoms with Crippen LogP contribution < -0.4 is 4.74 Å². The van der Waals surface area contributed by atoms with Gasteiger partial charge in [-0.3, -0.25) is 0 Å². The van der Waals surface area contributed by atoms with E-state index in [9.17, 15) is 15.3 Å². The smallest absolute Gasteiger partial charge is 0.229 e. The Morgan fingerprint density at radius 3 is 2.38 bits per heavy atom. The second kappa shape index (κ2) is 5.61. The monoisotopic (exact) mass is 290 g/mol. The highest BCUT2D eigenvalue weighted by atomic mass is 16.7. The molecule has 3 N–H and O–H groups in total. The number of fused-ring (bicyclic) bond motifs is 1. The van der Waals surface area contributed by atoms with E-state index in [1.807, 2.05) is 36.4 Å². The van der Waals surface area contributed by atoms with Crippen LogP contribution in [0.25, 0.3) is 10.8 Å². The van der Waals surface area contributed by atoms with Crippen molar-refractivity contribution in [1.82, 2.24) is 0 Å². The molecule has 0 saturated carbocycles. The number of ether oxygens (including phenoxy) is 2. The summed E-state index contributed by atoms with van der Waals surface area (Å²) in [4.78, 5) is 0. The molecule has 21 heavy (non-hydrogen) atoms. The Morgan fingerprint density at radius 1 is 0.905 bits per heavy atom. The van der Waals surface area contributed by atoms with Crippen molar-refractivity contribution in [3.05, 3.63) is 42.5 Å². The van der Waals surface area contributed by atoms with Crippen LogP contribution in [0, 0.1) is 0 Å². The van der Waals surface area contributed by atoms with Crippen LogP contribution in [0.4, 0.5) is 0 Å². The molecule has 0 radical (unpaired) electrons. The van der Waals surface area contributed by atoms with Crippen molar-refractivity contribution < 1.29 is 24.8 Å². The molecule has 1 saturated heterocycles. The van der Waals surface area contributed by atoms with Gasteiger partial charge in [0.25, 0.3) is 0 Å². The van der Waals surface area contributed by atoms with E-state index in [0.29, 0.717) is 5.75 Å². The number of hydrogen-bond acceptors (Lipinski definition) is 5. The number of benzene rings is 2. The molecule has 0 amide bonds. The van der Waals surface area contributed by atoms with Crippen LogP contribution in [0.5, 0.6) is 5.75 Å². The molecule has 1 aliphatic heterocycles. The van der Waals surface area contributed by atoms with Crippen molar-refractivity contribution in [3.63, 3.8) is 0 Å². The molecule has 2 aromatic carbocycles. The number of rotatable bonds is 2. The zero-order valence-electron chi connectivity index (χ0n) is 11.6. The largest absolute Gasteiger partial charge is 0.462 e. The lowest BCUT2D eigenvalue weighted by molar-refractivity contribution is -0.268. The Hall–Kier alpha value is -1.66. The Morgan fingerprint density at radius 2 is 1.62 bits per heavy atom. The minimum Gasteiger partial charge on any atom is -0.462 e. The van der Waals surface area contributed by atoms with E-state index in [0.717, 1.165) is 10.8 Å². The third-order valence-corrected chi connectivity index (χ3v) is 3.78. The highest BCUT2D eigenvalue weighted by Crippen LogP contribution is 2.26. The minimum absolute atomic E-state index is 0.536. The van der Waals surface area contributed by atoms with Gasteiger partial charge in [-0.2, -0.15) is 0 Å². The standard InChI is InChI=1S/C16H18O5/c1-9-13(17)14(18)15(19)16(20-9)21-12-7-6-10-4-2-3-5-11(10)8-12/h2-9,13-19H,1H3/t9?,13-,14+,15?,16+/m1/s1. The van der Waals surface area contributed by atoms with E-state index < -0.39 is 30.7 Å². The highest BCUT2D eigenvalue weighted by molar-refractivity contribution is 5.83. The van der Waals surface area contributed by atoms with Crippen LogP contribution in [-0.4, -0.2) is 46.0 Å². The molecule has 5 nitrogen and oxygen atoms in total. The lowest BCUT2D eigenvalue weighted by Crippen LogP contribution is -2.58. The maximum Gasteiger partial charge on any atom is 0.229 e. The lowest BCUT2D eigenvalue weighted by Gasteiger charge is -2.38. The minimum atomic E-state index is -1.30. The first-order valence-electron chi connectivity index (χ1n) is 6.91. The van der Waals surface area contributed by atoms with E-state index in [1.54, 1.807) is 13.0 Å². The van der Waals surface area contributed by atoms with Gasteiger partial charge in [0.15, 0.2) is 0 Å². The fourth-order valence-electron chi connectivity index (χ4n) is 2.49. The molecule has 0 bridgehead atoms. The fraction of sp³-hybridized carbons (Fsp3) is 0.375. The molecule has 5 heteroatoms. The molecular formula is C16H18O5. The first-order chi connectivity index (χ1) is 10.1. The van der Waals surface area contributed by atoms with Crippen molar-refractivity contribution in [2.75, 3.05) is 0 Å². The van der Waals surface area contributed by atoms with Crippen LogP contribution in [0.1, 0.15) is 6.92 Å². The fourth-order valence-corrected chi connectivity index (χ4v) is 2.49. The summed E-state index contributed by atoms with van der Waals surface area (Å²) in [6.45, 7) is 1.62. The number of aliphatic hydroxyl groups is 3. The summed E-state index contributed by atoms with van der Waals surface area (Å²) < 4.78 is 11.0. The summed E-state index contributed by atoms with van der Waals surface area (Å²) in [6.07, 6.45) is -5.35. The average molecular weight is 290 g/mol. The van der Waals surface area contributed by atoms with E-state index in [1.165, 1.54) is 0 Å². The molecule has 0 aliphatic carbocycles. The van der Waals surface area contributed by atoms with Crippen molar-refractivity contribution >= 4 is 10.8 Å². The zero-order valence-corrected chi connectivity index (χ0v) is 11.6. The summed E-state index contributed by atoms with van der Waals surface area (Å²) in [6, 6.07) is 13.4. The van der Waals surface area contributed by atoms with Crippen molar-refractivity contribution in [3.8, 4) is 5.75 Å². The Bertz CT molecular complexity index is 629. The summed E-state index contributed by atoms with van der Waals surface area (Å²) in [5.41, 5.74) is 0. The van der Waals surface area contributed by atoms with Crippen LogP contribution in [-0.2, 0) is 4.74 Å². The van der Waals surface area contributed by atoms with Gasteiger partial charge >= 0.3 is 0 Å². The molecule has 2 unspecified atom stereocenters. The van der Waals surface area contributed by atoms with Crippen LogP contribution >= 0.6 is 0 Å². The molecule has 2 aromatic rings. The molecule has 0 spiro atoms. The van der Waals surface area contributed by atoms with E-state index in [2.05, 4.69) is 0 Å². The van der Waals surface area contributed by atoms with Gasteiger partial charge in [0, 0.05) is 0 Å². The SMILES string of the molecule is CC1O[C@@H](Oc2ccc3ccccc3c2)C(O)[C@@H](O)[C@@H]1O. The summed E-state index contributed by atoms with van der Waals surface area (Å²) in [5, 5.41) is 31.5. The molecular weight excluding hydrogens is 272 g/mol. The van der Waals surface area contributed by atoms with Crippen LogP contribution in [0.2, 0.25) is 0 Å². The first-order valence-corrected chi connectivity index (χ1v) is 6.91. The number of hydrogen-bond donors (Lipinski definition) is 3. The molecule has 0 aromatic heterocycles. The van der Waals surface area contributed by atoms with E-state index in [4.69, 9.17) is 9.47 Å². The van der Waals surface area contributed by atoms with Gasteiger partial charge in [-0.1, -0.05) is 30.3 Å². The van der Waals surface area contributed by atoms with Crippen molar-refractivity contribution in [1.29, 1.82) is 0 Å². The summed E-state index contributed by atoms with van der Waals surface area (Å²) >= 11 is 0. The van der Waals surface area contributed by atoms with Gasteiger partial charge in [0.2, 0.25) is 6.29 Å². The van der Waals surface area contributed by atoms with Crippen molar-refractivity contribution in [2.45, 2.75) is 37.6 Å². The Labute approximate surface area is 122 Å². The third kappa shape index (κ3) is 2.73. The normalized spacial score (nSPS) is 33.0. The molecule has 1 fully saturated rings. The van der Waals surface area contributed by atoms with Gasteiger partial charge < -0.3 is 24.8 Å². The molecule has 3 rings (SSSR count). The van der Waals surface area contributed by atoms with Crippen molar-refractivity contribution in [2.24, 2.45) is 0 Å². The van der Waals surface area contributed by atoms with Gasteiger partial charge in [0.05, 0.1) is 6.10 Å². The van der Waals surface area contributed by atoms with Gasteiger partial charge in [-0.05, 0) is 29.8 Å². The highest BCUT2D eigenvalue weighted by Gasteiger charge is 2.43. The second-order valence-electron chi connectivity index (χ2n) is 5.31. The Balaban J connectivity index is 1.81. The topological polar surface area (TPSA) is 79.2 Å². The lowest BCUT2D eigenvalue weighted by atomic mass is 10.00. The quantitative estimate of drug-likeness (QED) is 0.770. The molecule has 1 aliphatic rings. The second-order valence-corrected chi connectivity index (χ2v) is 5.31. The Kier molecular flexibility index (Phi) is 3.82. The first kappa shape index (κ1) is 14.3. The summed E-state index contributed by atoms with van der Waals surface area (Å²) in [7, 11) is 0. The summed E-state index contributed by atoms with van der Waals surface area (Å²) in [5.74, 6) is 0.536. The predicted molar refractivity (Wildman–Crippen MR) is 76.9 cm³/mol. The number of aliphatic hydroxyl groups excluding tert-OH is 3. The maximum atomic E-state index is 9.94. The van der Waals surface area contributed by atoms with Gasteiger partial charge in [-0.25, -0.2) is 0 Å². The van der Waals surface area contributed by atoms with Crippen LogP contribution in [0.3, 0.4) is 0 Å². The van der Waals surface area contributed by atoms with Crippen LogP contribution in [0.15, 0.2) is 42.5 Å². The molecule has 112 valence electrons.